The van der Waals surface area contributed by atoms with Crippen LogP contribution < -0.4 is 0 Å². The number of esters is 1. The molecular weight excluding hydrogens is 286 g/mol. The molecule has 1 heterocycles. The van der Waals surface area contributed by atoms with Gasteiger partial charge in [-0.1, -0.05) is 64.1 Å². The van der Waals surface area contributed by atoms with Gasteiger partial charge >= 0.3 is 5.97 Å². The van der Waals surface area contributed by atoms with Crippen molar-refractivity contribution in [2.75, 3.05) is 13.7 Å². The predicted molar refractivity (Wildman–Crippen MR) is 94.8 cm³/mol. The Morgan fingerprint density at radius 2 is 1.87 bits per heavy atom. The maximum Gasteiger partial charge on any atom is 0.339 e. The number of methoxy groups -OCH3 is 1. The topological polar surface area (TPSA) is 29.5 Å². The van der Waals surface area contributed by atoms with Crippen molar-refractivity contribution in [2.45, 2.75) is 40.2 Å². The van der Waals surface area contributed by atoms with Gasteiger partial charge in [0.1, 0.15) is 0 Å². The molecule has 3 nitrogen and oxygen atoms in total. The van der Waals surface area contributed by atoms with Crippen molar-refractivity contribution >= 4 is 11.5 Å². The molecule has 0 amide bonds. The summed E-state index contributed by atoms with van der Waals surface area (Å²) in [6.45, 7) is 9.77. The molecule has 1 aromatic carbocycles. The molecule has 0 bridgehead atoms. The van der Waals surface area contributed by atoms with Crippen LogP contribution in [0.4, 0.5) is 0 Å². The summed E-state index contributed by atoms with van der Waals surface area (Å²) in [6.07, 6.45) is 5.23. The van der Waals surface area contributed by atoms with Gasteiger partial charge in [0.05, 0.1) is 18.7 Å². The zero-order valence-electron chi connectivity index (χ0n) is 14.8. The molecule has 0 N–H and O–H groups in total. The second kappa shape index (κ2) is 7.03. The molecule has 1 aliphatic rings. The highest BCUT2D eigenvalue weighted by Gasteiger charge is 2.33. The SMILES string of the molecule is CCCN1C=C(C(=O)OC)C(c2ccccc2)=C[C@@H]1C(C)(C)C. The number of ether oxygens (including phenoxy) is 1. The first-order valence-corrected chi connectivity index (χ1v) is 8.22. The van der Waals surface area contributed by atoms with Gasteiger partial charge in [-0.15, -0.1) is 0 Å². The van der Waals surface area contributed by atoms with Crippen LogP contribution in [0.5, 0.6) is 0 Å². The van der Waals surface area contributed by atoms with Crippen LogP contribution in [-0.2, 0) is 9.53 Å². The second-order valence-electron chi connectivity index (χ2n) is 7.03. The molecule has 0 fully saturated rings. The number of hydrogen-bond acceptors (Lipinski definition) is 3. The maximum atomic E-state index is 12.3. The summed E-state index contributed by atoms with van der Waals surface area (Å²) in [7, 11) is 1.44. The molecule has 2 rings (SSSR count). The molecule has 0 saturated heterocycles. The number of carbonyl (C=O) groups excluding carboxylic acids is 1. The average molecular weight is 313 g/mol. The molecule has 0 radical (unpaired) electrons. The minimum atomic E-state index is -0.284. The highest BCUT2D eigenvalue weighted by Crippen LogP contribution is 2.36. The van der Waals surface area contributed by atoms with Crippen molar-refractivity contribution in [3.8, 4) is 0 Å². The molecule has 1 aliphatic heterocycles. The second-order valence-corrected chi connectivity index (χ2v) is 7.03. The average Bonchev–Trinajstić information content (AvgIpc) is 2.53. The van der Waals surface area contributed by atoms with Gasteiger partial charge in [0.15, 0.2) is 0 Å². The van der Waals surface area contributed by atoms with Gasteiger partial charge in [-0.05, 0) is 23.0 Å². The molecule has 3 heteroatoms. The van der Waals surface area contributed by atoms with Crippen LogP contribution in [0.25, 0.3) is 5.57 Å². The van der Waals surface area contributed by atoms with E-state index in [2.05, 4.69) is 38.7 Å². The standard InChI is InChI=1S/C20H27NO2/c1-6-12-21-14-17(19(22)23-5)16(13-18(21)20(2,3)4)15-10-8-7-9-11-15/h7-11,13-14,18H,6,12H2,1-5H3/t18-/m1/s1. The summed E-state index contributed by atoms with van der Waals surface area (Å²) in [5.41, 5.74) is 2.72. The van der Waals surface area contributed by atoms with Crippen molar-refractivity contribution in [1.29, 1.82) is 0 Å². The van der Waals surface area contributed by atoms with E-state index in [1.165, 1.54) is 7.11 Å². The van der Waals surface area contributed by atoms with E-state index < -0.39 is 0 Å². The Morgan fingerprint density at radius 3 is 2.39 bits per heavy atom. The molecule has 1 atom stereocenters. The molecule has 0 saturated carbocycles. The summed E-state index contributed by atoms with van der Waals surface area (Å²) in [5.74, 6) is -0.284. The van der Waals surface area contributed by atoms with E-state index in [9.17, 15) is 4.79 Å². The van der Waals surface area contributed by atoms with Gasteiger partial charge in [-0.25, -0.2) is 4.79 Å². The van der Waals surface area contributed by atoms with Crippen molar-refractivity contribution < 1.29 is 9.53 Å². The van der Waals surface area contributed by atoms with E-state index >= 15 is 0 Å². The van der Waals surface area contributed by atoms with Crippen LogP contribution in [0.15, 0.2) is 48.2 Å². The lowest BCUT2D eigenvalue weighted by atomic mass is 9.80. The first-order valence-electron chi connectivity index (χ1n) is 8.22. The van der Waals surface area contributed by atoms with Crippen molar-refractivity contribution in [1.82, 2.24) is 4.90 Å². The molecule has 0 unspecified atom stereocenters. The van der Waals surface area contributed by atoms with Crippen molar-refractivity contribution in [3.05, 3.63) is 53.7 Å². The van der Waals surface area contributed by atoms with Gasteiger partial charge < -0.3 is 9.64 Å². The van der Waals surface area contributed by atoms with Gasteiger partial charge in [0.25, 0.3) is 0 Å². The number of carbonyl (C=O) groups is 1. The fraction of sp³-hybridized carbons (Fsp3) is 0.450. The number of benzene rings is 1. The Bertz CT molecular complexity index is 608. The Labute approximate surface area is 139 Å². The molecule has 0 spiro atoms. The fourth-order valence-corrected chi connectivity index (χ4v) is 3.01. The summed E-state index contributed by atoms with van der Waals surface area (Å²) < 4.78 is 5.01. The highest BCUT2D eigenvalue weighted by molar-refractivity contribution is 6.06. The minimum Gasteiger partial charge on any atom is -0.465 e. The monoisotopic (exact) mass is 313 g/mol. The molecule has 0 aliphatic carbocycles. The molecule has 0 aromatic heterocycles. The smallest absolute Gasteiger partial charge is 0.339 e. The van der Waals surface area contributed by atoms with E-state index in [-0.39, 0.29) is 17.4 Å². The van der Waals surface area contributed by atoms with Crippen LogP contribution in [0.3, 0.4) is 0 Å². The number of rotatable bonds is 4. The van der Waals surface area contributed by atoms with Crippen LogP contribution >= 0.6 is 0 Å². The van der Waals surface area contributed by atoms with E-state index in [4.69, 9.17) is 4.74 Å². The first kappa shape index (κ1) is 17.3. The lowest BCUT2D eigenvalue weighted by molar-refractivity contribution is -0.135. The first-order chi connectivity index (χ1) is 10.9. The fourth-order valence-electron chi connectivity index (χ4n) is 3.01. The van der Waals surface area contributed by atoms with Gasteiger partial charge in [-0.2, -0.15) is 0 Å². The summed E-state index contributed by atoms with van der Waals surface area (Å²) in [5, 5.41) is 0. The minimum absolute atomic E-state index is 0.0767. The lowest BCUT2D eigenvalue weighted by Gasteiger charge is -2.41. The Morgan fingerprint density at radius 1 is 1.22 bits per heavy atom. The van der Waals surface area contributed by atoms with Crippen LogP contribution in [0, 0.1) is 5.41 Å². The molecule has 23 heavy (non-hydrogen) atoms. The molecule has 124 valence electrons. The largest absolute Gasteiger partial charge is 0.465 e. The number of nitrogens with zero attached hydrogens (tertiary/aromatic N) is 1. The van der Waals surface area contributed by atoms with Crippen LogP contribution in [-0.4, -0.2) is 30.6 Å². The lowest BCUT2D eigenvalue weighted by Crippen LogP contribution is -2.42. The quantitative estimate of drug-likeness (QED) is 0.778. The van der Waals surface area contributed by atoms with Gasteiger partial charge in [0, 0.05) is 12.7 Å². The highest BCUT2D eigenvalue weighted by atomic mass is 16.5. The third kappa shape index (κ3) is 3.84. The molecular formula is C20H27NO2. The van der Waals surface area contributed by atoms with Crippen LogP contribution in [0.2, 0.25) is 0 Å². The Kier molecular flexibility index (Phi) is 5.30. The Hall–Kier alpha value is -2.03. The number of hydrogen-bond donors (Lipinski definition) is 0. The Balaban J connectivity index is 2.54. The summed E-state index contributed by atoms with van der Waals surface area (Å²) in [4.78, 5) is 14.6. The van der Waals surface area contributed by atoms with Crippen molar-refractivity contribution in [2.24, 2.45) is 5.41 Å². The van der Waals surface area contributed by atoms with Crippen molar-refractivity contribution in [3.63, 3.8) is 0 Å². The van der Waals surface area contributed by atoms with Crippen LogP contribution in [0.1, 0.15) is 39.7 Å². The van der Waals surface area contributed by atoms with E-state index in [1.54, 1.807) is 0 Å². The van der Waals surface area contributed by atoms with Gasteiger partial charge in [-0.3, -0.25) is 0 Å². The molecule has 1 aromatic rings. The zero-order valence-corrected chi connectivity index (χ0v) is 14.8. The normalized spacial score (nSPS) is 18.3. The summed E-state index contributed by atoms with van der Waals surface area (Å²) >= 11 is 0. The summed E-state index contributed by atoms with van der Waals surface area (Å²) in [6, 6.07) is 10.3. The third-order valence-electron chi connectivity index (χ3n) is 4.13. The maximum absolute atomic E-state index is 12.3. The third-order valence-corrected chi connectivity index (χ3v) is 4.13. The van der Waals surface area contributed by atoms with E-state index in [0.29, 0.717) is 5.57 Å². The van der Waals surface area contributed by atoms with E-state index in [1.807, 2.05) is 36.5 Å². The van der Waals surface area contributed by atoms with Gasteiger partial charge in [0.2, 0.25) is 0 Å². The zero-order chi connectivity index (χ0) is 17.0. The predicted octanol–water partition coefficient (Wildman–Crippen LogP) is 4.27. The van der Waals surface area contributed by atoms with E-state index in [0.717, 1.165) is 24.1 Å².